The number of anilines is 1. The molecule has 1 atom stereocenters. The van der Waals surface area contributed by atoms with Crippen molar-refractivity contribution in [2.45, 2.75) is 51.0 Å². The third-order valence-corrected chi connectivity index (χ3v) is 7.00. The molecule has 10 heteroatoms. The Hall–Kier alpha value is -2.01. The van der Waals surface area contributed by atoms with E-state index in [9.17, 15) is 13.2 Å². The van der Waals surface area contributed by atoms with E-state index in [1.807, 2.05) is 6.92 Å². The Morgan fingerprint density at radius 2 is 1.84 bits per heavy atom. The fourth-order valence-corrected chi connectivity index (χ4v) is 4.59. The van der Waals surface area contributed by atoms with E-state index in [4.69, 9.17) is 17.0 Å². The highest BCUT2D eigenvalue weighted by atomic mass is 79.9. The van der Waals surface area contributed by atoms with Gasteiger partial charge in [0.05, 0.1) is 16.0 Å². The molecule has 0 aliphatic heterocycles. The summed E-state index contributed by atoms with van der Waals surface area (Å²) >= 11 is 8.63. The van der Waals surface area contributed by atoms with Crippen LogP contribution in [-0.4, -0.2) is 32.1 Å². The average molecular weight is 543 g/mol. The number of rotatable bonds is 10. The van der Waals surface area contributed by atoms with Gasteiger partial charge in [0.15, 0.2) is 5.11 Å². The fourth-order valence-electron chi connectivity index (χ4n) is 2.56. The maximum atomic E-state index is 12.5. The molecule has 0 aliphatic carbocycles. The number of ether oxygens (including phenoxy) is 1. The third-order valence-electron chi connectivity index (χ3n) is 4.57. The SMILES string of the molecule is CCCCOc1ccc(C(=O)NC(=S)Nc2ccc(S(=O)(=O)NC(C)CC)cc2)cc1Br. The van der Waals surface area contributed by atoms with Crippen LogP contribution >= 0.6 is 28.1 Å². The maximum Gasteiger partial charge on any atom is 0.257 e. The number of carbonyl (C=O) groups excluding carboxylic acids is 1. The zero-order valence-corrected chi connectivity index (χ0v) is 21.5. The highest BCUT2D eigenvalue weighted by Crippen LogP contribution is 2.26. The summed E-state index contributed by atoms with van der Waals surface area (Å²) in [6.07, 6.45) is 2.68. The van der Waals surface area contributed by atoms with Gasteiger partial charge in [0, 0.05) is 17.3 Å². The van der Waals surface area contributed by atoms with Crippen molar-refractivity contribution in [3.05, 3.63) is 52.5 Å². The lowest BCUT2D eigenvalue weighted by Gasteiger charge is -2.13. The molecule has 0 bridgehead atoms. The second kappa shape index (κ2) is 12.3. The molecule has 0 fully saturated rings. The largest absolute Gasteiger partial charge is 0.492 e. The van der Waals surface area contributed by atoms with Gasteiger partial charge in [0.2, 0.25) is 10.0 Å². The smallest absolute Gasteiger partial charge is 0.257 e. The standard InChI is InChI=1S/C22H28BrN3O4S2/c1-4-6-13-30-20-12-7-16(14-19(20)23)21(27)25-22(31)24-17-8-10-18(11-9-17)32(28,29)26-15(3)5-2/h7-12,14-15,26H,4-6,13H2,1-3H3,(H2,24,25,27,31). The van der Waals surface area contributed by atoms with Crippen LogP contribution in [0.15, 0.2) is 51.8 Å². The molecule has 2 aromatic rings. The Kier molecular flexibility index (Phi) is 10.1. The first-order valence-corrected chi connectivity index (χ1v) is 13.0. The van der Waals surface area contributed by atoms with Crippen LogP contribution in [0.3, 0.4) is 0 Å². The molecular formula is C22H28BrN3O4S2. The van der Waals surface area contributed by atoms with Crippen molar-refractivity contribution in [2.24, 2.45) is 0 Å². The van der Waals surface area contributed by atoms with Crippen molar-refractivity contribution in [3.63, 3.8) is 0 Å². The lowest BCUT2D eigenvalue weighted by atomic mass is 10.2. The molecule has 2 rings (SSSR count). The number of nitrogens with one attached hydrogen (secondary N) is 3. The summed E-state index contributed by atoms with van der Waals surface area (Å²) in [5.41, 5.74) is 0.972. The summed E-state index contributed by atoms with van der Waals surface area (Å²) < 4.78 is 33.6. The van der Waals surface area contributed by atoms with Gasteiger partial charge in [0.1, 0.15) is 5.75 Å². The molecule has 3 N–H and O–H groups in total. The van der Waals surface area contributed by atoms with Gasteiger partial charge in [-0.15, -0.1) is 0 Å². The van der Waals surface area contributed by atoms with Crippen molar-refractivity contribution in [1.29, 1.82) is 0 Å². The molecule has 0 radical (unpaired) electrons. The zero-order valence-electron chi connectivity index (χ0n) is 18.3. The average Bonchev–Trinajstić information content (AvgIpc) is 2.74. The normalized spacial score (nSPS) is 12.1. The third kappa shape index (κ3) is 7.84. The summed E-state index contributed by atoms with van der Waals surface area (Å²) in [6.45, 7) is 6.41. The van der Waals surface area contributed by atoms with Crippen LogP contribution in [0.25, 0.3) is 0 Å². The van der Waals surface area contributed by atoms with E-state index in [2.05, 4.69) is 38.2 Å². The monoisotopic (exact) mass is 541 g/mol. The zero-order chi connectivity index (χ0) is 23.7. The van der Waals surface area contributed by atoms with Gasteiger partial charge in [-0.05, 0) is 90.4 Å². The molecular weight excluding hydrogens is 514 g/mol. The van der Waals surface area contributed by atoms with Crippen LogP contribution < -0.4 is 20.1 Å². The minimum absolute atomic E-state index is 0.0998. The van der Waals surface area contributed by atoms with E-state index >= 15 is 0 Å². The van der Waals surface area contributed by atoms with Crippen LogP contribution in [0.2, 0.25) is 0 Å². The fraction of sp³-hybridized carbons (Fsp3) is 0.364. The maximum absolute atomic E-state index is 12.5. The van der Waals surface area contributed by atoms with Gasteiger partial charge >= 0.3 is 0 Å². The van der Waals surface area contributed by atoms with E-state index in [-0.39, 0.29) is 22.0 Å². The summed E-state index contributed by atoms with van der Waals surface area (Å²) in [4.78, 5) is 12.7. The second-order valence-corrected chi connectivity index (χ2v) is 10.2. The van der Waals surface area contributed by atoms with Crippen LogP contribution in [0, 0.1) is 0 Å². The Morgan fingerprint density at radius 1 is 1.16 bits per heavy atom. The van der Waals surface area contributed by atoms with Crippen LogP contribution in [0.1, 0.15) is 50.4 Å². The molecule has 0 saturated heterocycles. The minimum Gasteiger partial charge on any atom is -0.492 e. The number of thiocarbonyl (C=S) groups is 1. The topological polar surface area (TPSA) is 96.5 Å². The quantitative estimate of drug-likeness (QED) is 0.294. The van der Waals surface area contributed by atoms with E-state index in [0.29, 0.717) is 34.5 Å². The molecule has 0 heterocycles. The highest BCUT2D eigenvalue weighted by molar-refractivity contribution is 9.10. The molecule has 0 aliphatic rings. The number of carbonyl (C=O) groups is 1. The van der Waals surface area contributed by atoms with E-state index < -0.39 is 10.0 Å². The lowest BCUT2D eigenvalue weighted by molar-refractivity contribution is 0.0977. The van der Waals surface area contributed by atoms with Crippen molar-refractivity contribution in [1.82, 2.24) is 10.0 Å². The van der Waals surface area contributed by atoms with Crippen LogP contribution in [0.5, 0.6) is 5.75 Å². The van der Waals surface area contributed by atoms with Gasteiger partial charge in [-0.3, -0.25) is 10.1 Å². The number of amides is 1. The number of hydrogen-bond acceptors (Lipinski definition) is 5. The first kappa shape index (κ1) is 26.2. The summed E-state index contributed by atoms with van der Waals surface area (Å²) in [5, 5.41) is 5.59. The Bertz CT molecular complexity index is 1040. The van der Waals surface area contributed by atoms with Crippen molar-refractivity contribution >= 4 is 54.9 Å². The molecule has 0 aromatic heterocycles. The van der Waals surface area contributed by atoms with E-state index in [1.54, 1.807) is 37.3 Å². The Labute approximate surface area is 203 Å². The van der Waals surface area contributed by atoms with Gasteiger partial charge < -0.3 is 10.1 Å². The summed E-state index contributed by atoms with van der Waals surface area (Å²) in [6, 6.07) is 11.0. The first-order chi connectivity index (χ1) is 15.2. The van der Waals surface area contributed by atoms with Gasteiger partial charge in [0.25, 0.3) is 5.91 Å². The van der Waals surface area contributed by atoms with Crippen LogP contribution in [0.4, 0.5) is 5.69 Å². The number of sulfonamides is 1. The van der Waals surface area contributed by atoms with Crippen LogP contribution in [-0.2, 0) is 10.0 Å². The molecule has 0 spiro atoms. The summed E-state index contributed by atoms with van der Waals surface area (Å²) in [5.74, 6) is 0.300. The van der Waals surface area contributed by atoms with E-state index in [0.717, 1.165) is 12.8 Å². The molecule has 7 nitrogen and oxygen atoms in total. The Balaban J connectivity index is 1.96. The summed E-state index contributed by atoms with van der Waals surface area (Å²) in [7, 11) is -3.58. The molecule has 174 valence electrons. The van der Waals surface area contributed by atoms with Gasteiger partial charge in [-0.25, -0.2) is 13.1 Å². The van der Waals surface area contributed by atoms with Crippen molar-refractivity contribution < 1.29 is 17.9 Å². The van der Waals surface area contributed by atoms with E-state index in [1.165, 1.54) is 12.1 Å². The number of unbranched alkanes of at least 4 members (excludes halogenated alkanes) is 1. The van der Waals surface area contributed by atoms with Crippen molar-refractivity contribution in [3.8, 4) is 5.75 Å². The molecule has 2 aromatic carbocycles. The van der Waals surface area contributed by atoms with Crippen molar-refractivity contribution in [2.75, 3.05) is 11.9 Å². The molecule has 1 amide bonds. The molecule has 0 saturated carbocycles. The Morgan fingerprint density at radius 3 is 2.44 bits per heavy atom. The number of halogens is 1. The lowest BCUT2D eigenvalue weighted by Crippen LogP contribution is -2.34. The molecule has 1 unspecified atom stereocenters. The van der Waals surface area contributed by atoms with Gasteiger partial charge in [-0.2, -0.15) is 0 Å². The predicted molar refractivity (Wildman–Crippen MR) is 135 cm³/mol. The van der Waals surface area contributed by atoms with Gasteiger partial charge in [-0.1, -0.05) is 20.3 Å². The number of hydrogen-bond donors (Lipinski definition) is 3. The highest BCUT2D eigenvalue weighted by Gasteiger charge is 2.16. The predicted octanol–water partition coefficient (Wildman–Crippen LogP) is 4.83. The first-order valence-electron chi connectivity index (χ1n) is 10.3. The minimum atomic E-state index is -3.58. The molecule has 32 heavy (non-hydrogen) atoms. The second-order valence-electron chi connectivity index (χ2n) is 7.21. The number of benzene rings is 2.